The van der Waals surface area contributed by atoms with Crippen molar-refractivity contribution in [3.05, 3.63) is 66.0 Å². The Morgan fingerprint density at radius 2 is 1.82 bits per heavy atom. The number of benzene rings is 2. The summed E-state index contributed by atoms with van der Waals surface area (Å²) in [5, 5.41) is 4.59. The molecule has 1 saturated heterocycles. The van der Waals surface area contributed by atoms with Gasteiger partial charge in [-0.15, -0.1) is 11.8 Å². The van der Waals surface area contributed by atoms with E-state index in [1.165, 1.54) is 17.7 Å². The molecule has 0 aromatic heterocycles. The van der Waals surface area contributed by atoms with Gasteiger partial charge in [0.15, 0.2) is 0 Å². The SMILES string of the molecule is O=C([C@@H]1CC(Cc2ccccc2)=NO1)N1CCC(Sc2ccc(F)cc2)CC1. The van der Waals surface area contributed by atoms with E-state index in [-0.39, 0.29) is 11.7 Å². The highest BCUT2D eigenvalue weighted by Gasteiger charge is 2.33. The summed E-state index contributed by atoms with van der Waals surface area (Å²) in [7, 11) is 0. The fraction of sp³-hybridized carbons (Fsp3) is 0.364. The van der Waals surface area contributed by atoms with Gasteiger partial charge in [-0.2, -0.15) is 0 Å². The van der Waals surface area contributed by atoms with Crippen LogP contribution in [0.4, 0.5) is 4.39 Å². The van der Waals surface area contributed by atoms with Crippen LogP contribution in [-0.4, -0.2) is 41.0 Å². The molecule has 6 heteroatoms. The van der Waals surface area contributed by atoms with Crippen molar-refractivity contribution < 1.29 is 14.0 Å². The zero-order valence-corrected chi connectivity index (χ0v) is 16.4. The number of oxime groups is 1. The predicted molar refractivity (Wildman–Crippen MR) is 109 cm³/mol. The first-order chi connectivity index (χ1) is 13.7. The van der Waals surface area contributed by atoms with Crippen LogP contribution >= 0.6 is 11.8 Å². The summed E-state index contributed by atoms with van der Waals surface area (Å²) < 4.78 is 13.0. The van der Waals surface area contributed by atoms with Gasteiger partial charge in [0.1, 0.15) is 5.82 Å². The van der Waals surface area contributed by atoms with Gasteiger partial charge < -0.3 is 9.74 Å². The lowest BCUT2D eigenvalue weighted by atomic mass is 10.0. The lowest BCUT2D eigenvalue weighted by Crippen LogP contribution is -2.44. The molecule has 4 rings (SSSR count). The lowest BCUT2D eigenvalue weighted by Gasteiger charge is -2.32. The molecule has 1 atom stereocenters. The maximum absolute atomic E-state index is 13.0. The topological polar surface area (TPSA) is 41.9 Å². The third kappa shape index (κ3) is 4.73. The number of rotatable bonds is 5. The van der Waals surface area contributed by atoms with Gasteiger partial charge in [0, 0.05) is 36.1 Å². The Morgan fingerprint density at radius 3 is 2.54 bits per heavy atom. The van der Waals surface area contributed by atoms with E-state index in [0.29, 0.717) is 11.7 Å². The van der Waals surface area contributed by atoms with Gasteiger partial charge in [-0.1, -0.05) is 35.5 Å². The van der Waals surface area contributed by atoms with Crippen molar-refractivity contribution in [3.8, 4) is 0 Å². The molecule has 0 spiro atoms. The van der Waals surface area contributed by atoms with Gasteiger partial charge >= 0.3 is 0 Å². The fourth-order valence-corrected chi connectivity index (χ4v) is 4.72. The summed E-state index contributed by atoms with van der Waals surface area (Å²) in [6.07, 6.45) is 2.66. The molecule has 0 unspecified atom stereocenters. The minimum atomic E-state index is -0.486. The molecule has 0 radical (unpaired) electrons. The van der Waals surface area contributed by atoms with Crippen molar-refractivity contribution in [2.75, 3.05) is 13.1 Å². The number of thioether (sulfide) groups is 1. The minimum absolute atomic E-state index is 0.0389. The Labute approximate surface area is 168 Å². The Kier molecular flexibility index (Phi) is 5.95. The second-order valence-corrected chi connectivity index (χ2v) is 8.59. The van der Waals surface area contributed by atoms with Gasteiger partial charge in [0.05, 0.1) is 5.71 Å². The molecule has 4 nitrogen and oxygen atoms in total. The van der Waals surface area contributed by atoms with Gasteiger partial charge in [0.2, 0.25) is 6.10 Å². The largest absolute Gasteiger partial charge is 0.382 e. The number of likely N-dealkylation sites (tertiary alicyclic amines) is 1. The second kappa shape index (κ2) is 8.78. The van der Waals surface area contributed by atoms with Crippen molar-refractivity contribution in [3.63, 3.8) is 0 Å². The minimum Gasteiger partial charge on any atom is -0.382 e. The van der Waals surface area contributed by atoms with Crippen LogP contribution in [0.15, 0.2) is 64.6 Å². The number of carbonyl (C=O) groups is 1. The fourth-order valence-electron chi connectivity index (χ4n) is 3.60. The number of hydrogen-bond donors (Lipinski definition) is 0. The maximum atomic E-state index is 13.0. The first-order valence-electron chi connectivity index (χ1n) is 9.64. The molecule has 28 heavy (non-hydrogen) atoms. The van der Waals surface area contributed by atoms with Crippen molar-refractivity contribution in [1.29, 1.82) is 0 Å². The maximum Gasteiger partial charge on any atom is 0.266 e. The first kappa shape index (κ1) is 19.0. The molecule has 0 saturated carbocycles. The Balaban J connectivity index is 1.24. The molecule has 1 fully saturated rings. The molecule has 0 aliphatic carbocycles. The van der Waals surface area contributed by atoms with Crippen molar-refractivity contribution in [1.82, 2.24) is 4.90 Å². The number of carbonyl (C=O) groups excluding carboxylic acids is 1. The number of amides is 1. The van der Waals surface area contributed by atoms with Crippen LogP contribution in [0.25, 0.3) is 0 Å². The van der Waals surface area contributed by atoms with Gasteiger partial charge in [-0.05, 0) is 42.7 Å². The first-order valence-corrected chi connectivity index (χ1v) is 10.5. The van der Waals surface area contributed by atoms with Crippen molar-refractivity contribution in [2.24, 2.45) is 5.16 Å². The molecule has 146 valence electrons. The standard InChI is InChI=1S/C22H23FN2O2S/c23-17-6-8-19(9-7-17)28-20-10-12-25(13-11-20)22(26)21-15-18(24-27-21)14-16-4-2-1-3-5-16/h1-9,20-21H,10-15H2/t21-/m0/s1. The lowest BCUT2D eigenvalue weighted by molar-refractivity contribution is -0.142. The van der Waals surface area contributed by atoms with Crippen LogP contribution in [0.3, 0.4) is 0 Å². The zero-order chi connectivity index (χ0) is 19.3. The van der Waals surface area contributed by atoms with Crippen LogP contribution < -0.4 is 0 Å². The Hall–Kier alpha value is -2.34. The third-order valence-corrected chi connectivity index (χ3v) is 6.48. The zero-order valence-electron chi connectivity index (χ0n) is 15.6. The van der Waals surface area contributed by atoms with Crippen molar-refractivity contribution in [2.45, 2.75) is 41.9 Å². The number of piperidine rings is 1. The quantitative estimate of drug-likeness (QED) is 0.754. The van der Waals surface area contributed by atoms with E-state index in [2.05, 4.69) is 17.3 Å². The molecule has 0 N–H and O–H groups in total. The van der Waals surface area contributed by atoms with Crippen LogP contribution in [0.1, 0.15) is 24.8 Å². The summed E-state index contributed by atoms with van der Waals surface area (Å²) >= 11 is 1.76. The van der Waals surface area contributed by atoms with Gasteiger partial charge in [-0.25, -0.2) is 4.39 Å². The van der Waals surface area contributed by atoms with E-state index in [9.17, 15) is 9.18 Å². The monoisotopic (exact) mass is 398 g/mol. The molecule has 2 aliphatic heterocycles. The molecule has 2 aromatic carbocycles. The normalized spacial score (nSPS) is 20.0. The Morgan fingerprint density at radius 1 is 1.11 bits per heavy atom. The molecule has 2 heterocycles. The highest BCUT2D eigenvalue weighted by atomic mass is 32.2. The number of nitrogens with zero attached hydrogens (tertiary/aromatic N) is 2. The van der Waals surface area contributed by atoms with E-state index < -0.39 is 6.10 Å². The van der Waals surface area contributed by atoms with Crippen LogP contribution in [0.5, 0.6) is 0 Å². The predicted octanol–water partition coefficient (Wildman–Crippen LogP) is 4.30. The van der Waals surface area contributed by atoms with E-state index in [1.807, 2.05) is 35.2 Å². The Bertz CT molecular complexity index is 833. The molecule has 2 aromatic rings. The van der Waals surface area contributed by atoms with Gasteiger partial charge in [-0.3, -0.25) is 4.79 Å². The molecular formula is C22H23FN2O2S. The van der Waals surface area contributed by atoms with E-state index in [4.69, 9.17) is 4.84 Å². The summed E-state index contributed by atoms with van der Waals surface area (Å²) in [6, 6.07) is 16.7. The van der Waals surface area contributed by atoms with Crippen LogP contribution in [0, 0.1) is 5.82 Å². The smallest absolute Gasteiger partial charge is 0.266 e. The summed E-state index contributed by atoms with van der Waals surface area (Å²) in [5.74, 6) is -0.174. The average molecular weight is 399 g/mol. The van der Waals surface area contributed by atoms with Crippen LogP contribution in [0.2, 0.25) is 0 Å². The highest BCUT2D eigenvalue weighted by Crippen LogP contribution is 2.31. The van der Waals surface area contributed by atoms with E-state index in [0.717, 1.165) is 43.0 Å². The van der Waals surface area contributed by atoms with Gasteiger partial charge in [0.25, 0.3) is 5.91 Å². The number of halogens is 1. The summed E-state index contributed by atoms with van der Waals surface area (Å²) in [4.78, 5) is 21.2. The number of hydrogen-bond acceptors (Lipinski definition) is 4. The molecule has 1 amide bonds. The molecule has 2 aliphatic rings. The van der Waals surface area contributed by atoms with E-state index in [1.54, 1.807) is 11.8 Å². The average Bonchev–Trinajstić information content (AvgIpc) is 3.19. The van der Waals surface area contributed by atoms with E-state index >= 15 is 0 Å². The highest BCUT2D eigenvalue weighted by molar-refractivity contribution is 8.00. The summed E-state index contributed by atoms with van der Waals surface area (Å²) in [5.41, 5.74) is 2.10. The van der Waals surface area contributed by atoms with Crippen LogP contribution in [-0.2, 0) is 16.1 Å². The third-order valence-electron chi connectivity index (χ3n) is 5.13. The summed E-state index contributed by atoms with van der Waals surface area (Å²) in [6.45, 7) is 1.46. The second-order valence-electron chi connectivity index (χ2n) is 7.21. The molecule has 0 bridgehead atoms. The van der Waals surface area contributed by atoms with Crippen molar-refractivity contribution >= 4 is 23.4 Å². The molecular weight excluding hydrogens is 375 g/mol.